The molecule has 1 amide bonds. The van der Waals surface area contributed by atoms with E-state index in [9.17, 15) is 4.79 Å². The summed E-state index contributed by atoms with van der Waals surface area (Å²) in [7, 11) is 1.84. The number of hydrogen-bond donors (Lipinski definition) is 1. The number of carbonyl (C=O) groups excluding carboxylic acids is 1. The fraction of sp³-hybridized carbons (Fsp3) is 0.0556. The monoisotopic (exact) mass is 286 g/mol. The van der Waals surface area contributed by atoms with E-state index in [0.29, 0.717) is 0 Å². The van der Waals surface area contributed by atoms with E-state index >= 15 is 0 Å². The van der Waals surface area contributed by atoms with Crippen LogP contribution >= 0.6 is 0 Å². The molecular formula is C18H15BN2O. The number of benzene rings is 3. The molecule has 4 rings (SSSR count). The van der Waals surface area contributed by atoms with E-state index in [0.717, 1.165) is 16.7 Å². The Balaban J connectivity index is 1.88. The Kier molecular flexibility index (Phi) is 2.89. The Morgan fingerprint density at radius 1 is 0.909 bits per heavy atom. The lowest BCUT2D eigenvalue weighted by Crippen LogP contribution is -2.57. The summed E-state index contributed by atoms with van der Waals surface area (Å²) in [4.78, 5) is 14.4. The first-order valence-electron chi connectivity index (χ1n) is 7.36. The maximum atomic E-state index is 12.6. The smallest absolute Gasteiger partial charge is 0.405 e. The molecule has 3 nitrogen and oxygen atoms in total. The van der Waals surface area contributed by atoms with Crippen molar-refractivity contribution in [3.05, 3.63) is 72.3 Å². The molecule has 3 aromatic rings. The molecule has 0 saturated carbocycles. The number of amides is 1. The van der Waals surface area contributed by atoms with E-state index in [1.165, 1.54) is 10.8 Å². The van der Waals surface area contributed by atoms with Gasteiger partial charge in [0.1, 0.15) is 0 Å². The first-order chi connectivity index (χ1) is 10.8. The highest BCUT2D eigenvalue weighted by Gasteiger charge is 2.35. The molecule has 0 saturated heterocycles. The van der Waals surface area contributed by atoms with E-state index in [1.54, 1.807) is 4.81 Å². The number of nitrogens with zero attached hydrogens (tertiary/aromatic N) is 1. The Morgan fingerprint density at radius 2 is 1.64 bits per heavy atom. The van der Waals surface area contributed by atoms with Gasteiger partial charge >= 0.3 is 6.98 Å². The highest BCUT2D eigenvalue weighted by molar-refractivity contribution is 6.78. The molecule has 1 aliphatic rings. The number of anilines is 1. The van der Waals surface area contributed by atoms with Crippen LogP contribution in [0.4, 0.5) is 5.69 Å². The molecule has 3 aromatic carbocycles. The van der Waals surface area contributed by atoms with Gasteiger partial charge in [-0.3, -0.25) is 4.79 Å². The lowest BCUT2D eigenvalue weighted by Gasteiger charge is -2.33. The zero-order chi connectivity index (χ0) is 15.1. The summed E-state index contributed by atoms with van der Waals surface area (Å²) >= 11 is 0. The number of hydrogen-bond acceptors (Lipinski definition) is 2. The number of para-hydroxylation sites is 1. The number of nitrogens with one attached hydrogen (secondary N) is 1. The van der Waals surface area contributed by atoms with Gasteiger partial charge in [-0.25, -0.2) is 0 Å². The lowest BCUT2D eigenvalue weighted by molar-refractivity contribution is 0.0877. The topological polar surface area (TPSA) is 32.3 Å². The highest BCUT2D eigenvalue weighted by Crippen LogP contribution is 2.23. The molecule has 0 atom stereocenters. The predicted molar refractivity (Wildman–Crippen MR) is 91.5 cm³/mol. The van der Waals surface area contributed by atoms with Gasteiger partial charge in [0.05, 0.1) is 5.56 Å². The van der Waals surface area contributed by atoms with Crippen LogP contribution < -0.4 is 10.7 Å². The fourth-order valence-corrected chi connectivity index (χ4v) is 3.12. The van der Waals surface area contributed by atoms with Gasteiger partial charge in [0, 0.05) is 5.69 Å². The molecule has 106 valence electrons. The second kappa shape index (κ2) is 4.91. The van der Waals surface area contributed by atoms with Crippen LogP contribution in [0.1, 0.15) is 10.4 Å². The van der Waals surface area contributed by atoms with Crippen molar-refractivity contribution in [2.75, 3.05) is 12.3 Å². The standard InChI is InChI=1S/C18H15BN2O/c1-21-18(22)15-10-4-5-12-17(15)20-19(21)16-11-6-8-13-7-2-3-9-14(13)16/h2-12,20H,1H3. The van der Waals surface area contributed by atoms with Crippen LogP contribution in [0, 0.1) is 0 Å². The predicted octanol–water partition coefficient (Wildman–Crippen LogP) is 2.73. The van der Waals surface area contributed by atoms with E-state index < -0.39 is 0 Å². The molecule has 4 heteroatoms. The molecule has 22 heavy (non-hydrogen) atoms. The van der Waals surface area contributed by atoms with Crippen molar-refractivity contribution in [1.29, 1.82) is 0 Å². The van der Waals surface area contributed by atoms with Crippen LogP contribution in [0.25, 0.3) is 10.8 Å². The molecule has 0 bridgehead atoms. The fourth-order valence-electron chi connectivity index (χ4n) is 3.12. The van der Waals surface area contributed by atoms with E-state index in [2.05, 4.69) is 29.5 Å². The van der Waals surface area contributed by atoms with Crippen LogP contribution in [0.15, 0.2) is 66.7 Å². The maximum absolute atomic E-state index is 12.6. The molecule has 0 aromatic heterocycles. The van der Waals surface area contributed by atoms with Gasteiger partial charge in [-0.1, -0.05) is 54.6 Å². The second-order valence-corrected chi connectivity index (χ2v) is 5.58. The molecule has 0 fully saturated rings. The summed E-state index contributed by atoms with van der Waals surface area (Å²) in [6.45, 7) is -0.159. The summed E-state index contributed by atoms with van der Waals surface area (Å²) in [5, 5.41) is 5.84. The van der Waals surface area contributed by atoms with Crippen molar-refractivity contribution in [2.45, 2.75) is 0 Å². The largest absolute Gasteiger partial charge is 0.411 e. The molecule has 1 aliphatic heterocycles. The Hall–Kier alpha value is -2.75. The van der Waals surface area contributed by atoms with Crippen molar-refractivity contribution < 1.29 is 4.79 Å². The zero-order valence-electron chi connectivity index (χ0n) is 12.3. The van der Waals surface area contributed by atoms with Gasteiger partial charge in [-0.2, -0.15) is 0 Å². The van der Waals surface area contributed by atoms with Gasteiger partial charge < -0.3 is 10.0 Å². The first-order valence-corrected chi connectivity index (χ1v) is 7.36. The van der Waals surface area contributed by atoms with Crippen molar-refractivity contribution in [3.8, 4) is 0 Å². The van der Waals surface area contributed by atoms with Gasteiger partial charge in [0.2, 0.25) is 5.91 Å². The summed E-state index contributed by atoms with van der Waals surface area (Å²) in [6, 6.07) is 22.1. The SMILES string of the molecule is CN1B(c2cccc3ccccc23)Nc2ccccc2C1=O. The summed E-state index contributed by atoms with van der Waals surface area (Å²) in [5.41, 5.74) is 2.73. The first kappa shape index (κ1) is 13.0. The highest BCUT2D eigenvalue weighted by atomic mass is 16.2. The summed E-state index contributed by atoms with van der Waals surface area (Å²) < 4.78 is 0. The molecule has 1 heterocycles. The number of rotatable bonds is 1. The van der Waals surface area contributed by atoms with Crippen LogP contribution in [0.5, 0.6) is 0 Å². The zero-order valence-corrected chi connectivity index (χ0v) is 12.3. The molecular weight excluding hydrogens is 271 g/mol. The molecule has 0 radical (unpaired) electrons. The van der Waals surface area contributed by atoms with Crippen molar-refractivity contribution in [3.63, 3.8) is 0 Å². The van der Waals surface area contributed by atoms with Gasteiger partial charge in [-0.15, -0.1) is 0 Å². The minimum atomic E-state index is -0.159. The van der Waals surface area contributed by atoms with Crippen LogP contribution in [0.2, 0.25) is 0 Å². The van der Waals surface area contributed by atoms with Crippen molar-refractivity contribution >= 4 is 34.8 Å². The van der Waals surface area contributed by atoms with Crippen molar-refractivity contribution in [2.24, 2.45) is 0 Å². The Bertz CT molecular complexity index is 872. The van der Waals surface area contributed by atoms with Crippen LogP contribution in [0.3, 0.4) is 0 Å². The Morgan fingerprint density at radius 3 is 2.55 bits per heavy atom. The number of carbonyl (C=O) groups is 1. The molecule has 0 aliphatic carbocycles. The van der Waals surface area contributed by atoms with Gasteiger partial charge in [0.25, 0.3) is 0 Å². The Labute approximate surface area is 129 Å². The second-order valence-electron chi connectivity index (χ2n) is 5.58. The van der Waals surface area contributed by atoms with Crippen LogP contribution in [-0.2, 0) is 0 Å². The summed E-state index contributed by atoms with van der Waals surface area (Å²) in [5.74, 6) is 0.0484. The van der Waals surface area contributed by atoms with Gasteiger partial charge in [0.15, 0.2) is 0 Å². The minimum absolute atomic E-state index is 0.0484. The molecule has 0 spiro atoms. The normalized spacial score (nSPS) is 14.0. The third-order valence-electron chi connectivity index (χ3n) is 4.28. The quantitative estimate of drug-likeness (QED) is 0.698. The average molecular weight is 286 g/mol. The lowest BCUT2D eigenvalue weighted by atomic mass is 9.62. The van der Waals surface area contributed by atoms with E-state index in [4.69, 9.17) is 0 Å². The molecule has 0 unspecified atom stereocenters. The maximum Gasteiger partial charge on any atom is 0.411 e. The average Bonchev–Trinajstić information content (AvgIpc) is 2.58. The minimum Gasteiger partial charge on any atom is -0.405 e. The third-order valence-corrected chi connectivity index (χ3v) is 4.28. The van der Waals surface area contributed by atoms with Crippen LogP contribution in [-0.4, -0.2) is 24.7 Å². The summed E-state index contributed by atoms with van der Waals surface area (Å²) in [6.07, 6.45) is 0. The third kappa shape index (κ3) is 1.88. The van der Waals surface area contributed by atoms with Crippen molar-refractivity contribution in [1.82, 2.24) is 4.81 Å². The van der Waals surface area contributed by atoms with Gasteiger partial charge in [-0.05, 0) is 35.4 Å². The number of fused-ring (bicyclic) bond motifs is 2. The molecule has 1 N–H and O–H groups in total. The van der Waals surface area contributed by atoms with E-state index in [1.807, 2.05) is 49.5 Å². The van der Waals surface area contributed by atoms with E-state index in [-0.39, 0.29) is 12.9 Å².